The molecule has 24 heavy (non-hydrogen) atoms. The number of aliphatic hydroxyl groups is 1. The Bertz CT molecular complexity index is 448. The van der Waals surface area contributed by atoms with Gasteiger partial charge < -0.3 is 33.5 Å². The Balaban J connectivity index is 1.46. The summed E-state index contributed by atoms with van der Waals surface area (Å²) in [6, 6.07) is 0. The van der Waals surface area contributed by atoms with Crippen molar-refractivity contribution in [1.29, 1.82) is 0 Å². The molecule has 1 saturated carbocycles. The summed E-state index contributed by atoms with van der Waals surface area (Å²) >= 11 is 0. The van der Waals surface area contributed by atoms with Crippen LogP contribution in [0.4, 0.5) is 0 Å². The standard InChI is InChI=1S/C17H28O7/c1-16(2)23-14-13(19-9-8-18)12(21-15(14)24-16)11-10-20-17(22-11)6-4-3-5-7-17/h11-15,18H,3-10H2,1-2H3. The van der Waals surface area contributed by atoms with E-state index in [1.165, 1.54) is 6.42 Å². The Kier molecular flexibility index (Phi) is 4.62. The quantitative estimate of drug-likeness (QED) is 0.824. The molecule has 0 aromatic carbocycles. The van der Waals surface area contributed by atoms with Crippen molar-refractivity contribution in [1.82, 2.24) is 0 Å². The molecule has 0 amide bonds. The summed E-state index contributed by atoms with van der Waals surface area (Å²) in [5.41, 5.74) is 0. The van der Waals surface area contributed by atoms with Gasteiger partial charge in [0.2, 0.25) is 0 Å². The van der Waals surface area contributed by atoms with Gasteiger partial charge in [-0.15, -0.1) is 0 Å². The minimum absolute atomic E-state index is 0.0448. The molecule has 7 heteroatoms. The van der Waals surface area contributed by atoms with Crippen LogP contribution in [-0.4, -0.2) is 67.2 Å². The molecule has 5 atom stereocenters. The van der Waals surface area contributed by atoms with Gasteiger partial charge in [-0.3, -0.25) is 0 Å². The van der Waals surface area contributed by atoms with E-state index in [-0.39, 0.29) is 37.6 Å². The molecule has 3 saturated heterocycles. The van der Waals surface area contributed by atoms with Crippen LogP contribution in [0.15, 0.2) is 0 Å². The highest BCUT2D eigenvalue weighted by molar-refractivity contribution is 4.99. The van der Waals surface area contributed by atoms with Crippen LogP contribution in [0, 0.1) is 0 Å². The Morgan fingerprint density at radius 3 is 2.58 bits per heavy atom. The lowest BCUT2D eigenvalue weighted by Gasteiger charge is -2.33. The van der Waals surface area contributed by atoms with Crippen molar-refractivity contribution in [2.75, 3.05) is 19.8 Å². The Labute approximate surface area is 142 Å². The van der Waals surface area contributed by atoms with Crippen molar-refractivity contribution in [3.8, 4) is 0 Å². The van der Waals surface area contributed by atoms with Gasteiger partial charge in [-0.05, 0) is 26.7 Å². The lowest BCUT2D eigenvalue weighted by molar-refractivity contribution is -0.242. The smallest absolute Gasteiger partial charge is 0.190 e. The number of hydrogen-bond acceptors (Lipinski definition) is 7. The lowest BCUT2D eigenvalue weighted by atomic mass is 9.94. The minimum atomic E-state index is -0.696. The number of aliphatic hydroxyl groups excluding tert-OH is 1. The molecule has 4 fully saturated rings. The third-order valence-electron chi connectivity index (χ3n) is 5.29. The first kappa shape index (κ1) is 17.1. The fraction of sp³-hybridized carbons (Fsp3) is 1.00. The molecule has 1 N–H and O–H groups in total. The summed E-state index contributed by atoms with van der Waals surface area (Å²) in [7, 11) is 0. The van der Waals surface area contributed by atoms with Gasteiger partial charge in [0, 0.05) is 12.8 Å². The van der Waals surface area contributed by atoms with E-state index in [1.54, 1.807) is 0 Å². The minimum Gasteiger partial charge on any atom is -0.394 e. The summed E-state index contributed by atoms with van der Waals surface area (Å²) in [5, 5.41) is 9.13. The molecule has 0 aromatic rings. The molecule has 138 valence electrons. The summed E-state index contributed by atoms with van der Waals surface area (Å²) in [4.78, 5) is 0. The number of fused-ring (bicyclic) bond motifs is 1. The summed E-state index contributed by atoms with van der Waals surface area (Å²) in [5.74, 6) is -1.15. The van der Waals surface area contributed by atoms with E-state index < -0.39 is 17.9 Å². The fourth-order valence-corrected chi connectivity index (χ4v) is 4.27. The predicted molar refractivity (Wildman–Crippen MR) is 82.2 cm³/mol. The Morgan fingerprint density at radius 1 is 1.04 bits per heavy atom. The van der Waals surface area contributed by atoms with Crippen LogP contribution < -0.4 is 0 Å². The highest BCUT2D eigenvalue weighted by Gasteiger charge is 2.59. The van der Waals surface area contributed by atoms with Crippen LogP contribution >= 0.6 is 0 Å². The number of ether oxygens (including phenoxy) is 6. The SMILES string of the molecule is CC1(C)OC2OC(C3COC4(CCCCC4)O3)C(OCCO)C2O1. The zero-order valence-electron chi connectivity index (χ0n) is 14.4. The van der Waals surface area contributed by atoms with Crippen molar-refractivity contribution in [2.24, 2.45) is 0 Å². The van der Waals surface area contributed by atoms with Crippen molar-refractivity contribution < 1.29 is 33.5 Å². The molecule has 4 rings (SSSR count). The summed E-state index contributed by atoms with van der Waals surface area (Å²) in [6.45, 7) is 4.40. The van der Waals surface area contributed by atoms with Gasteiger partial charge in [-0.25, -0.2) is 0 Å². The van der Waals surface area contributed by atoms with E-state index in [4.69, 9.17) is 33.5 Å². The maximum Gasteiger partial charge on any atom is 0.190 e. The van der Waals surface area contributed by atoms with Crippen molar-refractivity contribution >= 4 is 0 Å². The zero-order valence-corrected chi connectivity index (χ0v) is 14.4. The van der Waals surface area contributed by atoms with E-state index in [9.17, 15) is 0 Å². The molecular weight excluding hydrogens is 316 g/mol. The van der Waals surface area contributed by atoms with Gasteiger partial charge in [0.1, 0.15) is 24.4 Å². The second kappa shape index (κ2) is 6.46. The van der Waals surface area contributed by atoms with Crippen LogP contribution in [0.2, 0.25) is 0 Å². The average Bonchev–Trinajstić information content (AvgIpc) is 3.17. The number of hydrogen-bond donors (Lipinski definition) is 1. The monoisotopic (exact) mass is 344 g/mol. The van der Waals surface area contributed by atoms with Crippen LogP contribution in [0.5, 0.6) is 0 Å². The highest BCUT2D eigenvalue weighted by Crippen LogP contribution is 2.44. The first-order valence-corrected chi connectivity index (χ1v) is 9.07. The van der Waals surface area contributed by atoms with Crippen LogP contribution in [0.25, 0.3) is 0 Å². The molecule has 3 aliphatic heterocycles. The largest absolute Gasteiger partial charge is 0.394 e. The van der Waals surface area contributed by atoms with Crippen molar-refractivity contribution in [3.05, 3.63) is 0 Å². The lowest BCUT2D eigenvalue weighted by Crippen LogP contribution is -2.45. The van der Waals surface area contributed by atoms with Gasteiger partial charge in [0.05, 0.1) is 19.8 Å². The highest BCUT2D eigenvalue weighted by atomic mass is 16.8. The maximum atomic E-state index is 9.13. The predicted octanol–water partition coefficient (Wildman–Crippen LogP) is 1.32. The van der Waals surface area contributed by atoms with Gasteiger partial charge in [-0.2, -0.15) is 0 Å². The van der Waals surface area contributed by atoms with E-state index in [1.807, 2.05) is 13.8 Å². The molecule has 4 aliphatic rings. The molecule has 0 aromatic heterocycles. The molecule has 7 nitrogen and oxygen atoms in total. The van der Waals surface area contributed by atoms with Crippen LogP contribution in [-0.2, 0) is 28.4 Å². The molecular formula is C17H28O7. The third-order valence-corrected chi connectivity index (χ3v) is 5.29. The Hall–Kier alpha value is -0.280. The van der Waals surface area contributed by atoms with Gasteiger partial charge >= 0.3 is 0 Å². The molecule has 5 unspecified atom stereocenters. The molecule has 3 heterocycles. The van der Waals surface area contributed by atoms with Gasteiger partial charge in [-0.1, -0.05) is 6.42 Å². The molecule has 1 spiro atoms. The van der Waals surface area contributed by atoms with Gasteiger partial charge in [0.25, 0.3) is 0 Å². The normalized spacial score (nSPS) is 43.4. The topological polar surface area (TPSA) is 75.6 Å². The van der Waals surface area contributed by atoms with Crippen molar-refractivity contribution in [2.45, 2.75) is 88.2 Å². The van der Waals surface area contributed by atoms with Crippen LogP contribution in [0.3, 0.4) is 0 Å². The first-order valence-electron chi connectivity index (χ1n) is 9.07. The third kappa shape index (κ3) is 3.11. The second-order valence-corrected chi connectivity index (χ2v) is 7.57. The maximum absolute atomic E-state index is 9.13. The second-order valence-electron chi connectivity index (χ2n) is 7.57. The van der Waals surface area contributed by atoms with E-state index in [0.29, 0.717) is 6.61 Å². The fourth-order valence-electron chi connectivity index (χ4n) is 4.27. The first-order chi connectivity index (χ1) is 11.5. The number of rotatable bonds is 4. The summed E-state index contributed by atoms with van der Waals surface area (Å²) in [6.07, 6.45) is 3.73. The van der Waals surface area contributed by atoms with Gasteiger partial charge in [0.15, 0.2) is 17.9 Å². The van der Waals surface area contributed by atoms with E-state index in [0.717, 1.165) is 25.7 Å². The molecule has 0 radical (unpaired) electrons. The van der Waals surface area contributed by atoms with Crippen LogP contribution in [0.1, 0.15) is 46.0 Å². The Morgan fingerprint density at radius 2 is 1.83 bits per heavy atom. The van der Waals surface area contributed by atoms with E-state index >= 15 is 0 Å². The van der Waals surface area contributed by atoms with Crippen molar-refractivity contribution in [3.63, 3.8) is 0 Å². The molecule has 1 aliphatic carbocycles. The van der Waals surface area contributed by atoms with E-state index in [2.05, 4.69) is 0 Å². The average molecular weight is 344 g/mol. The summed E-state index contributed by atoms with van der Waals surface area (Å²) < 4.78 is 36.1. The zero-order chi connectivity index (χ0) is 16.8. The molecule has 0 bridgehead atoms.